The van der Waals surface area contributed by atoms with Crippen LogP contribution in [0.25, 0.3) is 10.4 Å². The first-order chi connectivity index (χ1) is 9.72. The molecule has 0 aliphatic carbocycles. The number of azide groups is 1. The summed E-state index contributed by atoms with van der Waals surface area (Å²) in [4.78, 5) is 20.8. The minimum atomic E-state index is -0.141. The highest BCUT2D eigenvalue weighted by atomic mass is 16.5. The Labute approximate surface area is 117 Å². The fraction of sp³-hybridized carbons (Fsp3) is 0.538. The molecule has 0 aromatic carbocycles. The monoisotopic (exact) mass is 275 g/mol. The molecule has 0 bridgehead atoms. The van der Waals surface area contributed by atoms with Gasteiger partial charge in [0, 0.05) is 23.7 Å². The number of rotatable bonds is 5. The zero-order chi connectivity index (χ0) is 14.4. The normalized spacial score (nSPS) is 18.6. The quantitative estimate of drug-likeness (QED) is 0.355. The van der Waals surface area contributed by atoms with E-state index in [0.717, 1.165) is 24.4 Å². The van der Waals surface area contributed by atoms with Crippen LogP contribution in [-0.2, 0) is 22.6 Å². The molecule has 1 aromatic rings. The van der Waals surface area contributed by atoms with Crippen molar-refractivity contribution in [2.45, 2.75) is 19.5 Å². The van der Waals surface area contributed by atoms with E-state index in [2.05, 4.69) is 19.9 Å². The van der Waals surface area contributed by atoms with Gasteiger partial charge in [0.15, 0.2) is 0 Å². The Kier molecular flexibility index (Phi) is 4.92. The van der Waals surface area contributed by atoms with Crippen LogP contribution in [-0.4, -0.2) is 36.1 Å². The van der Waals surface area contributed by atoms with Gasteiger partial charge in [-0.1, -0.05) is 11.2 Å². The Bertz CT molecular complexity index is 527. The fourth-order valence-electron chi connectivity index (χ4n) is 2.37. The zero-order valence-electron chi connectivity index (χ0n) is 11.4. The van der Waals surface area contributed by atoms with Gasteiger partial charge < -0.3 is 4.74 Å². The predicted octanol–water partition coefficient (Wildman–Crippen LogP) is 1.89. The molecule has 0 saturated carbocycles. The van der Waals surface area contributed by atoms with Gasteiger partial charge in [-0.25, -0.2) is 0 Å². The maximum atomic E-state index is 11.5. The van der Waals surface area contributed by atoms with E-state index < -0.39 is 0 Å². The third-order valence-corrected chi connectivity index (χ3v) is 3.35. The number of esters is 1. The topological polar surface area (TPSA) is 91.2 Å². The molecule has 1 saturated heterocycles. The third kappa shape index (κ3) is 3.69. The van der Waals surface area contributed by atoms with E-state index in [4.69, 9.17) is 10.3 Å². The molecule has 106 valence electrons. The number of hydrogen-bond donors (Lipinski definition) is 0. The maximum Gasteiger partial charge on any atom is 0.310 e. The highest BCUT2D eigenvalue weighted by molar-refractivity contribution is 5.72. The van der Waals surface area contributed by atoms with Gasteiger partial charge in [-0.2, -0.15) is 0 Å². The van der Waals surface area contributed by atoms with Crippen LogP contribution < -0.4 is 0 Å². The third-order valence-electron chi connectivity index (χ3n) is 3.35. The summed E-state index contributed by atoms with van der Waals surface area (Å²) in [6, 6.07) is 5.67. The lowest BCUT2D eigenvalue weighted by Crippen LogP contribution is -2.24. The van der Waals surface area contributed by atoms with Crippen LogP contribution in [0.2, 0.25) is 0 Å². The lowest BCUT2D eigenvalue weighted by molar-refractivity contribution is -0.144. The molecule has 7 heteroatoms. The number of carbonyl (C=O) groups is 1. The lowest BCUT2D eigenvalue weighted by Gasteiger charge is -2.15. The highest BCUT2D eigenvalue weighted by Crippen LogP contribution is 2.19. The Morgan fingerprint density at radius 2 is 2.40 bits per heavy atom. The van der Waals surface area contributed by atoms with Crippen molar-refractivity contribution >= 4 is 5.97 Å². The van der Waals surface area contributed by atoms with E-state index >= 15 is 0 Å². The smallest absolute Gasteiger partial charge is 0.310 e. The molecule has 0 amide bonds. The van der Waals surface area contributed by atoms with Crippen LogP contribution in [0, 0.1) is 5.92 Å². The summed E-state index contributed by atoms with van der Waals surface area (Å²) in [5.41, 5.74) is 9.98. The van der Waals surface area contributed by atoms with Crippen molar-refractivity contribution in [1.82, 2.24) is 9.88 Å². The molecule has 1 unspecified atom stereocenters. The van der Waals surface area contributed by atoms with Crippen molar-refractivity contribution in [1.29, 1.82) is 0 Å². The Morgan fingerprint density at radius 1 is 1.60 bits per heavy atom. The SMILES string of the molecule is COC(=O)C1CCN(Cc2cccc(CN=[N+]=[N-])n2)C1. The summed E-state index contributed by atoms with van der Waals surface area (Å²) >= 11 is 0. The summed E-state index contributed by atoms with van der Waals surface area (Å²) < 4.78 is 4.77. The van der Waals surface area contributed by atoms with E-state index in [1.165, 1.54) is 7.11 Å². The first kappa shape index (κ1) is 14.3. The van der Waals surface area contributed by atoms with Crippen molar-refractivity contribution in [3.8, 4) is 0 Å². The van der Waals surface area contributed by atoms with E-state index in [9.17, 15) is 4.79 Å². The molecule has 0 radical (unpaired) electrons. The molecule has 2 rings (SSSR count). The zero-order valence-corrected chi connectivity index (χ0v) is 11.4. The highest BCUT2D eigenvalue weighted by Gasteiger charge is 2.28. The van der Waals surface area contributed by atoms with Crippen molar-refractivity contribution < 1.29 is 9.53 Å². The summed E-state index contributed by atoms with van der Waals surface area (Å²) in [7, 11) is 1.42. The van der Waals surface area contributed by atoms with Crippen LogP contribution in [0.1, 0.15) is 17.8 Å². The average molecular weight is 275 g/mol. The number of hydrogen-bond acceptors (Lipinski definition) is 5. The van der Waals surface area contributed by atoms with E-state index in [1.54, 1.807) is 0 Å². The molecule has 1 aromatic heterocycles. The molecule has 20 heavy (non-hydrogen) atoms. The van der Waals surface area contributed by atoms with Crippen molar-refractivity contribution in [3.63, 3.8) is 0 Å². The molecule has 1 fully saturated rings. The number of carbonyl (C=O) groups excluding carboxylic acids is 1. The molecule has 0 spiro atoms. The Morgan fingerprint density at radius 3 is 3.15 bits per heavy atom. The number of ether oxygens (including phenoxy) is 1. The summed E-state index contributed by atoms with van der Waals surface area (Å²) in [6.07, 6.45) is 0.824. The molecular formula is C13H17N5O2. The van der Waals surface area contributed by atoms with Crippen molar-refractivity contribution in [2.24, 2.45) is 11.0 Å². The van der Waals surface area contributed by atoms with Gasteiger partial charge in [0.1, 0.15) is 0 Å². The molecule has 1 aliphatic heterocycles. The molecule has 1 aliphatic rings. The number of aromatic nitrogens is 1. The molecular weight excluding hydrogens is 258 g/mol. The molecule has 1 atom stereocenters. The van der Waals surface area contributed by atoms with Gasteiger partial charge in [-0.3, -0.25) is 14.7 Å². The second kappa shape index (κ2) is 6.88. The van der Waals surface area contributed by atoms with Crippen LogP contribution in [0.3, 0.4) is 0 Å². The second-order valence-electron chi connectivity index (χ2n) is 4.75. The molecule has 7 nitrogen and oxygen atoms in total. The number of pyridine rings is 1. The van der Waals surface area contributed by atoms with Gasteiger partial charge in [0.05, 0.1) is 25.3 Å². The van der Waals surface area contributed by atoms with E-state index in [1.807, 2.05) is 18.2 Å². The number of likely N-dealkylation sites (tertiary alicyclic amines) is 1. The second-order valence-corrected chi connectivity index (χ2v) is 4.75. The minimum absolute atomic E-state index is 0.0358. The Hall–Kier alpha value is -2.11. The van der Waals surface area contributed by atoms with Gasteiger partial charge in [0.25, 0.3) is 0 Å². The van der Waals surface area contributed by atoms with Gasteiger partial charge in [0.2, 0.25) is 0 Å². The standard InChI is InChI=1S/C13H17N5O2/c1-20-13(19)10-5-6-18(8-10)9-12-4-2-3-11(16-12)7-15-17-14/h2-4,10H,5-9H2,1H3. The minimum Gasteiger partial charge on any atom is -0.469 e. The largest absolute Gasteiger partial charge is 0.469 e. The number of nitrogens with zero attached hydrogens (tertiary/aromatic N) is 5. The predicted molar refractivity (Wildman–Crippen MR) is 72.5 cm³/mol. The lowest BCUT2D eigenvalue weighted by atomic mass is 10.1. The fourth-order valence-corrected chi connectivity index (χ4v) is 2.37. The first-order valence-electron chi connectivity index (χ1n) is 6.48. The summed E-state index contributed by atoms with van der Waals surface area (Å²) in [6.45, 7) is 2.52. The van der Waals surface area contributed by atoms with Crippen LogP contribution >= 0.6 is 0 Å². The summed E-state index contributed by atoms with van der Waals surface area (Å²) in [5.74, 6) is -0.177. The van der Waals surface area contributed by atoms with Crippen LogP contribution in [0.5, 0.6) is 0 Å². The average Bonchev–Trinajstić information content (AvgIpc) is 2.93. The van der Waals surface area contributed by atoms with Gasteiger partial charge in [-0.15, -0.1) is 0 Å². The van der Waals surface area contributed by atoms with Gasteiger partial charge in [-0.05, 0) is 30.6 Å². The Balaban J connectivity index is 1.94. The molecule has 0 N–H and O–H groups in total. The van der Waals surface area contributed by atoms with Crippen LogP contribution in [0.15, 0.2) is 23.3 Å². The van der Waals surface area contributed by atoms with Crippen molar-refractivity contribution in [3.05, 3.63) is 40.0 Å². The van der Waals surface area contributed by atoms with E-state index in [-0.39, 0.29) is 18.4 Å². The summed E-state index contributed by atoms with van der Waals surface area (Å²) in [5, 5.41) is 3.50. The maximum absolute atomic E-state index is 11.5. The van der Waals surface area contributed by atoms with Crippen molar-refractivity contribution in [2.75, 3.05) is 20.2 Å². The molecule has 2 heterocycles. The van der Waals surface area contributed by atoms with E-state index in [0.29, 0.717) is 13.1 Å². The number of methoxy groups -OCH3 is 1. The van der Waals surface area contributed by atoms with Crippen LogP contribution in [0.4, 0.5) is 0 Å². The van der Waals surface area contributed by atoms with Gasteiger partial charge >= 0.3 is 5.97 Å². The first-order valence-corrected chi connectivity index (χ1v) is 6.48.